The Bertz CT molecular complexity index is 1400. The van der Waals surface area contributed by atoms with Gasteiger partial charge in [-0.25, -0.2) is 9.97 Å². The highest BCUT2D eigenvalue weighted by Crippen LogP contribution is 2.40. The van der Waals surface area contributed by atoms with Crippen LogP contribution in [-0.2, 0) is 16.1 Å². The molecule has 0 radical (unpaired) electrons. The lowest BCUT2D eigenvalue weighted by atomic mass is 9.83. The fraction of sp³-hybridized carbons (Fsp3) is 0.433. The first-order valence-corrected chi connectivity index (χ1v) is 13.8. The number of benzene rings is 1. The number of hydrogen-bond acceptors (Lipinski definition) is 5. The molecule has 0 atom stereocenters. The molecule has 0 amide bonds. The molecule has 1 aliphatic rings. The van der Waals surface area contributed by atoms with Crippen LogP contribution in [0.2, 0.25) is 0 Å². The average Bonchev–Trinajstić information content (AvgIpc) is 3.39. The molecule has 0 bridgehead atoms. The van der Waals surface area contributed by atoms with E-state index in [9.17, 15) is 4.79 Å². The van der Waals surface area contributed by atoms with Crippen molar-refractivity contribution in [2.45, 2.75) is 84.8 Å². The fourth-order valence-corrected chi connectivity index (χ4v) is 6.27. The van der Waals surface area contributed by atoms with Crippen molar-refractivity contribution in [3.8, 4) is 21.8 Å². The van der Waals surface area contributed by atoms with E-state index in [1.807, 2.05) is 34.6 Å². The number of esters is 1. The molecular weight excluding hydrogens is 466 g/mol. The molecule has 3 aromatic heterocycles. The quantitative estimate of drug-likeness (QED) is 0.261. The van der Waals surface area contributed by atoms with Gasteiger partial charge in [0.05, 0.1) is 32.5 Å². The Morgan fingerprint density at radius 1 is 1.06 bits per heavy atom. The molecule has 5 nitrogen and oxygen atoms in total. The number of carbonyl (C=O) groups is 1. The molecule has 0 aliphatic heterocycles. The third-order valence-corrected chi connectivity index (χ3v) is 7.95. The summed E-state index contributed by atoms with van der Waals surface area (Å²) in [6.07, 6.45) is 8.31. The van der Waals surface area contributed by atoms with Gasteiger partial charge in [0.25, 0.3) is 0 Å². The summed E-state index contributed by atoms with van der Waals surface area (Å²) >= 11 is 1.69. The van der Waals surface area contributed by atoms with Crippen LogP contribution in [0.1, 0.15) is 75.1 Å². The summed E-state index contributed by atoms with van der Waals surface area (Å²) in [6, 6.07) is 12.9. The minimum absolute atomic E-state index is 0.207. The number of thiazole rings is 1. The summed E-state index contributed by atoms with van der Waals surface area (Å²) in [5.74, 6) is 0.319. The van der Waals surface area contributed by atoms with Gasteiger partial charge in [-0.05, 0) is 88.8 Å². The van der Waals surface area contributed by atoms with Gasteiger partial charge in [-0.1, -0.05) is 31.4 Å². The van der Waals surface area contributed by atoms with E-state index in [4.69, 9.17) is 9.72 Å². The number of aromatic nitrogens is 3. The molecule has 5 rings (SSSR count). The smallest absolute Gasteiger partial charge is 0.326 e. The van der Waals surface area contributed by atoms with Crippen molar-refractivity contribution >= 4 is 28.2 Å². The Balaban J connectivity index is 1.54. The molecule has 0 N–H and O–H groups in total. The Morgan fingerprint density at radius 2 is 1.83 bits per heavy atom. The first-order valence-electron chi connectivity index (χ1n) is 12.9. The van der Waals surface area contributed by atoms with Crippen molar-refractivity contribution in [2.24, 2.45) is 0 Å². The molecule has 36 heavy (non-hydrogen) atoms. The molecule has 0 unspecified atom stereocenters. The molecule has 0 spiro atoms. The predicted octanol–water partition coefficient (Wildman–Crippen LogP) is 7.83. The van der Waals surface area contributed by atoms with Gasteiger partial charge in [0.1, 0.15) is 12.1 Å². The van der Waals surface area contributed by atoms with Crippen molar-refractivity contribution in [3.63, 3.8) is 0 Å². The van der Waals surface area contributed by atoms with Gasteiger partial charge < -0.3 is 9.30 Å². The molecule has 3 heterocycles. The number of hydrogen-bond donors (Lipinski definition) is 0. The minimum atomic E-state index is -0.502. The Morgan fingerprint density at radius 3 is 2.53 bits per heavy atom. The Labute approximate surface area is 217 Å². The number of nitrogens with zero attached hydrogens (tertiary/aromatic N) is 3. The third kappa shape index (κ3) is 5.24. The number of carbonyl (C=O) groups excluding carboxylic acids is 1. The highest BCUT2D eigenvalue weighted by molar-refractivity contribution is 7.15. The lowest BCUT2D eigenvalue weighted by Gasteiger charge is -2.24. The summed E-state index contributed by atoms with van der Waals surface area (Å²) in [5, 5.41) is 2.15. The number of fused-ring (bicyclic) bond motifs is 1. The SMILES string of the molecule is Cc1nc(C)c(-c2ccc3cc(-c4c(C5CCCCC5)ccn4CC(=O)OC(C)(C)C)ccc3n2)s1. The summed E-state index contributed by atoms with van der Waals surface area (Å²) in [7, 11) is 0. The minimum Gasteiger partial charge on any atom is -0.459 e. The van der Waals surface area contributed by atoms with Crippen LogP contribution in [0.15, 0.2) is 42.6 Å². The molecule has 1 aromatic carbocycles. The second-order valence-corrected chi connectivity index (χ2v) is 12.1. The highest BCUT2D eigenvalue weighted by Gasteiger charge is 2.24. The van der Waals surface area contributed by atoms with Crippen LogP contribution < -0.4 is 0 Å². The summed E-state index contributed by atoms with van der Waals surface area (Å²) < 4.78 is 7.72. The van der Waals surface area contributed by atoms with Crippen molar-refractivity contribution in [1.82, 2.24) is 14.5 Å². The van der Waals surface area contributed by atoms with E-state index >= 15 is 0 Å². The van der Waals surface area contributed by atoms with E-state index in [0.29, 0.717) is 5.92 Å². The van der Waals surface area contributed by atoms with Gasteiger partial charge in [0.15, 0.2) is 0 Å². The lowest BCUT2D eigenvalue weighted by Crippen LogP contribution is -2.26. The fourth-order valence-electron chi connectivity index (χ4n) is 5.38. The molecule has 0 saturated heterocycles. The number of pyridine rings is 1. The summed E-state index contributed by atoms with van der Waals surface area (Å²) in [6.45, 7) is 10.0. The van der Waals surface area contributed by atoms with E-state index in [1.165, 1.54) is 37.7 Å². The van der Waals surface area contributed by atoms with E-state index in [2.05, 4.69) is 52.1 Å². The molecule has 6 heteroatoms. The van der Waals surface area contributed by atoms with Crippen LogP contribution in [0, 0.1) is 13.8 Å². The normalized spacial score (nSPS) is 14.9. The van der Waals surface area contributed by atoms with Gasteiger partial charge >= 0.3 is 5.97 Å². The van der Waals surface area contributed by atoms with Crippen LogP contribution >= 0.6 is 11.3 Å². The van der Waals surface area contributed by atoms with Crippen LogP contribution in [0.5, 0.6) is 0 Å². The van der Waals surface area contributed by atoms with Crippen LogP contribution in [0.25, 0.3) is 32.7 Å². The van der Waals surface area contributed by atoms with E-state index in [0.717, 1.165) is 43.4 Å². The zero-order valence-electron chi connectivity index (χ0n) is 21.9. The zero-order chi connectivity index (χ0) is 25.4. The van der Waals surface area contributed by atoms with Gasteiger partial charge in [-0.2, -0.15) is 0 Å². The number of ether oxygens (including phenoxy) is 1. The molecule has 4 aromatic rings. The zero-order valence-corrected chi connectivity index (χ0v) is 22.7. The molecule has 1 aliphatic carbocycles. The molecular formula is C30H35N3O2S. The van der Waals surface area contributed by atoms with Crippen molar-refractivity contribution in [1.29, 1.82) is 0 Å². The monoisotopic (exact) mass is 501 g/mol. The van der Waals surface area contributed by atoms with Crippen LogP contribution in [0.3, 0.4) is 0 Å². The number of rotatable bonds is 5. The maximum Gasteiger partial charge on any atom is 0.326 e. The Hall–Kier alpha value is -2.99. The van der Waals surface area contributed by atoms with Crippen molar-refractivity contribution in [3.05, 3.63) is 58.9 Å². The van der Waals surface area contributed by atoms with Crippen molar-refractivity contribution < 1.29 is 9.53 Å². The topological polar surface area (TPSA) is 57.0 Å². The van der Waals surface area contributed by atoms with Crippen LogP contribution in [-0.4, -0.2) is 26.1 Å². The first-order chi connectivity index (χ1) is 17.2. The van der Waals surface area contributed by atoms with Gasteiger partial charge in [-0.3, -0.25) is 4.79 Å². The molecule has 188 valence electrons. The third-order valence-electron chi connectivity index (χ3n) is 6.86. The lowest BCUT2D eigenvalue weighted by molar-refractivity contribution is -0.155. The maximum atomic E-state index is 12.8. The van der Waals surface area contributed by atoms with Crippen LogP contribution in [0.4, 0.5) is 0 Å². The van der Waals surface area contributed by atoms with Gasteiger partial charge in [-0.15, -0.1) is 11.3 Å². The average molecular weight is 502 g/mol. The molecule has 1 fully saturated rings. The van der Waals surface area contributed by atoms with E-state index in [1.54, 1.807) is 11.3 Å². The van der Waals surface area contributed by atoms with Gasteiger partial charge in [0.2, 0.25) is 0 Å². The summed E-state index contributed by atoms with van der Waals surface area (Å²) in [5.41, 5.74) is 6.05. The first kappa shape index (κ1) is 24.7. The van der Waals surface area contributed by atoms with E-state index < -0.39 is 5.60 Å². The second kappa shape index (κ2) is 9.81. The predicted molar refractivity (Wildman–Crippen MR) is 147 cm³/mol. The maximum absolute atomic E-state index is 12.8. The van der Waals surface area contributed by atoms with Gasteiger partial charge in [0, 0.05) is 11.6 Å². The van der Waals surface area contributed by atoms with E-state index in [-0.39, 0.29) is 12.5 Å². The Kier molecular flexibility index (Phi) is 6.73. The van der Waals surface area contributed by atoms with Crippen molar-refractivity contribution in [2.75, 3.05) is 0 Å². The standard InChI is InChI=1S/C30H35N3O2S/c1-19-29(36-20(2)31-19)26-14-11-22-17-23(12-13-25(22)32-26)28-24(21-9-7-6-8-10-21)15-16-33(28)18-27(34)35-30(3,4)5/h11-17,21H,6-10,18H2,1-5H3. The largest absolute Gasteiger partial charge is 0.459 e. The highest BCUT2D eigenvalue weighted by atomic mass is 32.1. The summed E-state index contributed by atoms with van der Waals surface area (Å²) in [4.78, 5) is 23.4. The number of aryl methyl sites for hydroxylation is 2. The second-order valence-electron chi connectivity index (χ2n) is 10.9. The molecule has 1 saturated carbocycles.